The van der Waals surface area contributed by atoms with Gasteiger partial charge in [0.05, 0.1) is 6.04 Å². The molecule has 1 atom stereocenters. The van der Waals surface area contributed by atoms with Crippen LogP contribution in [0.1, 0.15) is 28.5 Å². The summed E-state index contributed by atoms with van der Waals surface area (Å²) in [5.41, 5.74) is 5.40. The highest BCUT2D eigenvalue weighted by atomic mass is 32.1. The van der Waals surface area contributed by atoms with E-state index in [2.05, 4.69) is 65.1 Å². The lowest BCUT2D eigenvalue weighted by atomic mass is 10.1. The van der Waals surface area contributed by atoms with Crippen molar-refractivity contribution in [2.24, 2.45) is 0 Å². The van der Waals surface area contributed by atoms with Crippen LogP contribution in [0.15, 0.2) is 29.6 Å². The molecule has 3 heterocycles. The Morgan fingerprint density at radius 1 is 1.07 bits per heavy atom. The molecule has 1 amide bonds. The lowest BCUT2D eigenvalue weighted by molar-refractivity contribution is -0.137. The summed E-state index contributed by atoms with van der Waals surface area (Å²) in [4.78, 5) is 21.4. The van der Waals surface area contributed by atoms with Gasteiger partial charge >= 0.3 is 0 Å². The van der Waals surface area contributed by atoms with E-state index in [4.69, 9.17) is 0 Å². The summed E-state index contributed by atoms with van der Waals surface area (Å²) in [5.74, 6) is 0.284. The smallest absolute Gasteiger partial charge is 0.239 e. The van der Waals surface area contributed by atoms with E-state index >= 15 is 0 Å². The third-order valence-electron chi connectivity index (χ3n) is 6.26. The van der Waals surface area contributed by atoms with Crippen LogP contribution in [0.25, 0.3) is 0 Å². The van der Waals surface area contributed by atoms with E-state index in [1.54, 1.807) is 0 Å². The molecule has 4 nitrogen and oxygen atoms in total. The molecule has 0 spiro atoms. The molecule has 1 unspecified atom stereocenters. The SMILES string of the molecule is Cc1cccc(N2CCN(C(C)C(=O)N3CCc4sccc4C3)CC2)c1C. The van der Waals surface area contributed by atoms with Crippen LogP contribution in [-0.4, -0.2) is 54.5 Å². The van der Waals surface area contributed by atoms with Crippen molar-refractivity contribution < 1.29 is 4.79 Å². The highest BCUT2D eigenvalue weighted by Gasteiger charge is 2.31. The van der Waals surface area contributed by atoms with Crippen LogP contribution in [0.2, 0.25) is 0 Å². The molecule has 144 valence electrons. The van der Waals surface area contributed by atoms with Crippen LogP contribution in [0.4, 0.5) is 5.69 Å². The predicted octanol–water partition coefficient (Wildman–Crippen LogP) is 3.46. The summed E-state index contributed by atoms with van der Waals surface area (Å²) in [6.45, 7) is 12.0. The van der Waals surface area contributed by atoms with Crippen LogP contribution in [-0.2, 0) is 17.8 Å². The molecular formula is C22H29N3OS. The largest absolute Gasteiger partial charge is 0.369 e. The fourth-order valence-electron chi connectivity index (χ4n) is 4.29. The number of rotatable bonds is 3. The Morgan fingerprint density at radius 2 is 1.85 bits per heavy atom. The molecule has 0 aliphatic carbocycles. The topological polar surface area (TPSA) is 26.8 Å². The number of benzene rings is 1. The van der Waals surface area contributed by atoms with Gasteiger partial charge in [0.15, 0.2) is 0 Å². The second kappa shape index (κ2) is 7.64. The van der Waals surface area contributed by atoms with Crippen molar-refractivity contribution in [3.05, 3.63) is 51.2 Å². The molecule has 0 bridgehead atoms. The molecule has 1 aromatic heterocycles. The molecule has 2 aromatic rings. The van der Waals surface area contributed by atoms with E-state index < -0.39 is 0 Å². The monoisotopic (exact) mass is 383 g/mol. The van der Waals surface area contributed by atoms with Crippen LogP contribution < -0.4 is 4.90 Å². The molecule has 2 aliphatic heterocycles. The van der Waals surface area contributed by atoms with Gasteiger partial charge in [-0.25, -0.2) is 0 Å². The van der Waals surface area contributed by atoms with E-state index in [-0.39, 0.29) is 11.9 Å². The molecule has 0 N–H and O–H groups in total. The minimum atomic E-state index is -0.0362. The number of piperazine rings is 1. The first-order chi connectivity index (χ1) is 13.0. The maximum Gasteiger partial charge on any atom is 0.239 e. The van der Waals surface area contributed by atoms with Gasteiger partial charge in [-0.2, -0.15) is 0 Å². The molecule has 1 aromatic carbocycles. The number of hydrogen-bond donors (Lipinski definition) is 0. The number of amides is 1. The molecule has 2 aliphatic rings. The van der Waals surface area contributed by atoms with Gasteiger partial charge < -0.3 is 9.80 Å². The van der Waals surface area contributed by atoms with E-state index in [9.17, 15) is 4.79 Å². The third-order valence-corrected chi connectivity index (χ3v) is 7.28. The Labute approximate surface area is 166 Å². The summed E-state index contributed by atoms with van der Waals surface area (Å²) in [6.07, 6.45) is 1.01. The summed E-state index contributed by atoms with van der Waals surface area (Å²) < 4.78 is 0. The first-order valence-corrected chi connectivity index (χ1v) is 10.8. The minimum absolute atomic E-state index is 0.0362. The standard InChI is InChI=1S/C22H29N3OS/c1-16-5-4-6-20(17(16)2)24-12-10-23(11-13-24)18(3)22(26)25-9-7-21-19(15-25)8-14-27-21/h4-6,8,14,18H,7,9-13,15H2,1-3H3. The van der Waals surface area contributed by atoms with Gasteiger partial charge in [-0.15, -0.1) is 11.3 Å². The molecule has 0 radical (unpaired) electrons. The fourth-order valence-corrected chi connectivity index (χ4v) is 5.17. The van der Waals surface area contributed by atoms with Crippen molar-refractivity contribution in [3.63, 3.8) is 0 Å². The maximum atomic E-state index is 13.1. The second-order valence-corrected chi connectivity index (χ2v) is 8.80. The predicted molar refractivity (Wildman–Crippen MR) is 113 cm³/mol. The summed E-state index contributed by atoms with van der Waals surface area (Å²) in [6, 6.07) is 8.68. The molecule has 1 saturated heterocycles. The van der Waals surface area contributed by atoms with Crippen molar-refractivity contribution in [1.82, 2.24) is 9.80 Å². The summed E-state index contributed by atoms with van der Waals surface area (Å²) in [7, 11) is 0. The van der Waals surface area contributed by atoms with Gasteiger partial charge in [0.1, 0.15) is 0 Å². The highest BCUT2D eigenvalue weighted by Crippen LogP contribution is 2.26. The molecule has 4 rings (SSSR count). The molecule has 5 heteroatoms. The van der Waals surface area contributed by atoms with Gasteiger partial charge in [0.25, 0.3) is 0 Å². The lowest BCUT2D eigenvalue weighted by Crippen LogP contribution is -2.55. The Hall–Kier alpha value is -1.85. The normalized spacial score (nSPS) is 19.1. The van der Waals surface area contributed by atoms with Gasteiger partial charge in [0, 0.05) is 49.8 Å². The zero-order valence-corrected chi connectivity index (χ0v) is 17.4. The number of carbonyl (C=O) groups excluding carboxylic acids is 1. The molecular weight excluding hydrogens is 354 g/mol. The Kier molecular flexibility index (Phi) is 5.24. The number of fused-ring (bicyclic) bond motifs is 1. The van der Waals surface area contributed by atoms with E-state index in [0.29, 0.717) is 0 Å². The first kappa shape index (κ1) is 18.5. The summed E-state index contributed by atoms with van der Waals surface area (Å²) >= 11 is 1.82. The first-order valence-electron chi connectivity index (χ1n) is 9.94. The van der Waals surface area contributed by atoms with Gasteiger partial charge in [-0.05, 0) is 61.4 Å². The van der Waals surface area contributed by atoms with Crippen LogP contribution in [0, 0.1) is 13.8 Å². The quantitative estimate of drug-likeness (QED) is 0.812. The number of nitrogens with zero attached hydrogens (tertiary/aromatic N) is 3. The number of carbonyl (C=O) groups is 1. The zero-order chi connectivity index (χ0) is 19.0. The van der Waals surface area contributed by atoms with Crippen molar-refractivity contribution in [2.45, 2.75) is 39.8 Å². The summed E-state index contributed by atoms with van der Waals surface area (Å²) in [5, 5.41) is 2.15. The highest BCUT2D eigenvalue weighted by molar-refractivity contribution is 7.10. The third kappa shape index (κ3) is 3.63. The Bertz CT molecular complexity index is 823. The molecule has 0 saturated carbocycles. The van der Waals surface area contributed by atoms with Crippen LogP contribution in [0.3, 0.4) is 0 Å². The number of anilines is 1. The van der Waals surface area contributed by atoms with Gasteiger partial charge in [0.2, 0.25) is 5.91 Å². The zero-order valence-electron chi connectivity index (χ0n) is 16.6. The van der Waals surface area contributed by atoms with Crippen molar-refractivity contribution in [2.75, 3.05) is 37.6 Å². The minimum Gasteiger partial charge on any atom is -0.369 e. The Balaban J connectivity index is 1.36. The van der Waals surface area contributed by atoms with E-state index in [1.807, 2.05) is 11.3 Å². The van der Waals surface area contributed by atoms with Crippen molar-refractivity contribution >= 4 is 22.9 Å². The number of aryl methyl sites for hydroxylation is 1. The fraction of sp³-hybridized carbons (Fsp3) is 0.500. The van der Waals surface area contributed by atoms with E-state index in [0.717, 1.165) is 45.7 Å². The second-order valence-electron chi connectivity index (χ2n) is 7.80. The van der Waals surface area contributed by atoms with Crippen LogP contribution >= 0.6 is 11.3 Å². The van der Waals surface area contributed by atoms with Gasteiger partial charge in [-0.1, -0.05) is 12.1 Å². The average Bonchev–Trinajstić information content (AvgIpc) is 3.17. The molecule has 27 heavy (non-hydrogen) atoms. The lowest BCUT2D eigenvalue weighted by Gasteiger charge is -2.41. The average molecular weight is 384 g/mol. The van der Waals surface area contributed by atoms with Gasteiger partial charge in [-0.3, -0.25) is 9.69 Å². The molecule has 1 fully saturated rings. The number of thiophene rings is 1. The van der Waals surface area contributed by atoms with Crippen molar-refractivity contribution in [1.29, 1.82) is 0 Å². The Morgan fingerprint density at radius 3 is 2.63 bits per heavy atom. The maximum absolute atomic E-state index is 13.1. The number of hydrogen-bond acceptors (Lipinski definition) is 4. The van der Waals surface area contributed by atoms with E-state index in [1.165, 1.54) is 27.3 Å². The van der Waals surface area contributed by atoms with Crippen LogP contribution in [0.5, 0.6) is 0 Å². The van der Waals surface area contributed by atoms with Crippen molar-refractivity contribution in [3.8, 4) is 0 Å².